The standard InChI is InChI=1S/C17H14Cl3FN4O2S/c1-17(2,3)25-16(26)14(20)12(6-22-25)27-7-13-23-24-15(28-13)8-4-11(21)10(19)5-9(8)18/h4-6H,7H2,1-3H3. The first-order valence-electron chi connectivity index (χ1n) is 7.96. The van der Waals surface area contributed by atoms with E-state index in [4.69, 9.17) is 39.5 Å². The quantitative estimate of drug-likeness (QED) is 0.498. The molecule has 0 saturated carbocycles. The summed E-state index contributed by atoms with van der Waals surface area (Å²) >= 11 is 19.1. The summed E-state index contributed by atoms with van der Waals surface area (Å²) in [6.07, 6.45) is 1.38. The van der Waals surface area contributed by atoms with E-state index < -0.39 is 16.9 Å². The Hall–Kier alpha value is -1.74. The van der Waals surface area contributed by atoms with Gasteiger partial charge in [0.1, 0.15) is 17.4 Å². The number of halogens is 4. The van der Waals surface area contributed by atoms with Gasteiger partial charge in [-0.25, -0.2) is 9.07 Å². The number of nitrogens with zero attached hydrogens (tertiary/aromatic N) is 4. The Morgan fingerprint density at radius 1 is 1.18 bits per heavy atom. The molecule has 28 heavy (non-hydrogen) atoms. The topological polar surface area (TPSA) is 69.9 Å². The van der Waals surface area contributed by atoms with E-state index in [1.807, 2.05) is 20.8 Å². The van der Waals surface area contributed by atoms with Gasteiger partial charge in [-0.15, -0.1) is 10.2 Å². The minimum atomic E-state index is -0.605. The summed E-state index contributed by atoms with van der Waals surface area (Å²) in [5, 5.41) is 13.1. The second kappa shape index (κ2) is 7.94. The maximum absolute atomic E-state index is 13.7. The predicted octanol–water partition coefficient (Wildman–Crippen LogP) is 5.20. The molecule has 0 aliphatic carbocycles. The zero-order chi connectivity index (χ0) is 20.6. The lowest BCUT2D eigenvalue weighted by Gasteiger charge is -2.21. The Balaban J connectivity index is 1.80. The molecule has 11 heteroatoms. The van der Waals surface area contributed by atoms with Crippen LogP contribution >= 0.6 is 46.1 Å². The van der Waals surface area contributed by atoms with Crippen LogP contribution in [0.25, 0.3) is 10.6 Å². The Morgan fingerprint density at radius 3 is 2.57 bits per heavy atom. The molecule has 3 aromatic rings. The van der Waals surface area contributed by atoms with Gasteiger partial charge in [0, 0.05) is 5.56 Å². The lowest BCUT2D eigenvalue weighted by atomic mass is 10.1. The van der Waals surface area contributed by atoms with Crippen molar-refractivity contribution in [3.05, 3.63) is 54.6 Å². The lowest BCUT2D eigenvalue weighted by molar-refractivity contribution is 0.291. The molecule has 0 unspecified atom stereocenters. The minimum absolute atomic E-state index is 0.00568. The summed E-state index contributed by atoms with van der Waals surface area (Å²) in [7, 11) is 0. The first-order valence-corrected chi connectivity index (χ1v) is 9.91. The molecule has 3 rings (SSSR count). The van der Waals surface area contributed by atoms with Crippen molar-refractivity contribution in [2.45, 2.75) is 32.9 Å². The highest BCUT2D eigenvalue weighted by atomic mass is 35.5. The zero-order valence-electron chi connectivity index (χ0n) is 15.0. The fourth-order valence-corrected chi connectivity index (χ4v) is 3.74. The Labute approximate surface area is 178 Å². The SMILES string of the molecule is CC(C)(C)n1ncc(OCc2nnc(-c3cc(F)c(Cl)cc3Cl)s2)c(Cl)c1=O. The number of hydrogen-bond donors (Lipinski definition) is 0. The van der Waals surface area contributed by atoms with E-state index in [0.717, 1.165) is 11.3 Å². The van der Waals surface area contributed by atoms with E-state index in [0.29, 0.717) is 15.6 Å². The molecule has 0 atom stereocenters. The molecule has 0 aliphatic heterocycles. The van der Waals surface area contributed by atoms with Crippen LogP contribution in [0.15, 0.2) is 23.1 Å². The molecule has 0 fully saturated rings. The van der Waals surface area contributed by atoms with Crippen LogP contribution < -0.4 is 10.3 Å². The number of aromatic nitrogens is 4. The van der Waals surface area contributed by atoms with E-state index in [9.17, 15) is 9.18 Å². The van der Waals surface area contributed by atoms with Crippen molar-refractivity contribution >= 4 is 46.1 Å². The lowest BCUT2D eigenvalue weighted by Crippen LogP contribution is -2.36. The molecule has 0 N–H and O–H groups in total. The number of hydrogen-bond acceptors (Lipinski definition) is 6. The van der Waals surface area contributed by atoms with Crippen LogP contribution in [-0.4, -0.2) is 20.0 Å². The molecule has 0 amide bonds. The maximum Gasteiger partial charge on any atom is 0.289 e. The fraction of sp³-hybridized carbons (Fsp3) is 0.294. The van der Waals surface area contributed by atoms with Gasteiger partial charge in [-0.1, -0.05) is 46.1 Å². The minimum Gasteiger partial charge on any atom is -0.483 e. The average Bonchev–Trinajstić information content (AvgIpc) is 3.07. The Kier molecular flexibility index (Phi) is 5.95. The smallest absolute Gasteiger partial charge is 0.289 e. The van der Waals surface area contributed by atoms with E-state index in [1.165, 1.54) is 23.0 Å². The second-order valence-corrected chi connectivity index (χ2v) is 9.00. The molecular weight excluding hydrogens is 450 g/mol. The van der Waals surface area contributed by atoms with Crippen molar-refractivity contribution < 1.29 is 9.13 Å². The predicted molar refractivity (Wildman–Crippen MR) is 108 cm³/mol. The average molecular weight is 464 g/mol. The van der Waals surface area contributed by atoms with Gasteiger partial charge in [-0.05, 0) is 32.9 Å². The van der Waals surface area contributed by atoms with Gasteiger partial charge in [0.15, 0.2) is 15.8 Å². The molecular formula is C17H14Cl3FN4O2S. The number of rotatable bonds is 4. The van der Waals surface area contributed by atoms with Crippen molar-refractivity contribution in [2.24, 2.45) is 0 Å². The van der Waals surface area contributed by atoms with Crippen LogP contribution in [0.3, 0.4) is 0 Å². The van der Waals surface area contributed by atoms with Gasteiger partial charge in [0.25, 0.3) is 5.56 Å². The molecule has 2 aromatic heterocycles. The molecule has 6 nitrogen and oxygen atoms in total. The summed E-state index contributed by atoms with van der Waals surface area (Å²) < 4.78 is 20.6. The number of ether oxygens (including phenoxy) is 1. The van der Waals surface area contributed by atoms with Crippen molar-refractivity contribution in [1.82, 2.24) is 20.0 Å². The van der Waals surface area contributed by atoms with E-state index in [-0.39, 0.29) is 27.4 Å². The highest BCUT2D eigenvalue weighted by molar-refractivity contribution is 7.14. The first-order chi connectivity index (χ1) is 13.1. The van der Waals surface area contributed by atoms with Gasteiger partial charge in [0.2, 0.25) is 0 Å². The molecule has 0 radical (unpaired) electrons. The number of benzene rings is 1. The van der Waals surface area contributed by atoms with E-state index in [2.05, 4.69) is 15.3 Å². The first kappa shape index (κ1) is 21.0. The third-order valence-electron chi connectivity index (χ3n) is 3.58. The van der Waals surface area contributed by atoms with Gasteiger partial charge >= 0.3 is 0 Å². The van der Waals surface area contributed by atoms with Crippen molar-refractivity contribution in [2.75, 3.05) is 0 Å². The summed E-state index contributed by atoms with van der Waals surface area (Å²) in [5.74, 6) is -0.467. The van der Waals surface area contributed by atoms with Crippen molar-refractivity contribution in [1.29, 1.82) is 0 Å². The van der Waals surface area contributed by atoms with Crippen LogP contribution in [-0.2, 0) is 12.1 Å². The van der Waals surface area contributed by atoms with Gasteiger partial charge in [-0.2, -0.15) is 5.10 Å². The van der Waals surface area contributed by atoms with Crippen LogP contribution in [0.5, 0.6) is 5.75 Å². The highest BCUT2D eigenvalue weighted by Gasteiger charge is 2.20. The molecule has 148 valence electrons. The molecule has 1 aromatic carbocycles. The van der Waals surface area contributed by atoms with Crippen LogP contribution in [0.2, 0.25) is 15.1 Å². The molecule has 0 bridgehead atoms. The maximum atomic E-state index is 13.7. The Bertz CT molecular complexity index is 1090. The molecule has 0 saturated heterocycles. The fourth-order valence-electron chi connectivity index (χ4n) is 2.24. The van der Waals surface area contributed by atoms with Crippen molar-refractivity contribution in [3.8, 4) is 16.3 Å². The van der Waals surface area contributed by atoms with Gasteiger partial charge in [-0.3, -0.25) is 4.79 Å². The molecule has 0 aliphatic rings. The van der Waals surface area contributed by atoms with Gasteiger partial charge < -0.3 is 4.74 Å². The highest BCUT2D eigenvalue weighted by Crippen LogP contribution is 2.34. The van der Waals surface area contributed by atoms with E-state index >= 15 is 0 Å². The zero-order valence-corrected chi connectivity index (χ0v) is 18.0. The summed E-state index contributed by atoms with van der Waals surface area (Å²) in [5.41, 5.74) is -0.589. The summed E-state index contributed by atoms with van der Waals surface area (Å²) in [6.45, 7) is 5.52. The molecule has 2 heterocycles. The largest absolute Gasteiger partial charge is 0.483 e. The Morgan fingerprint density at radius 2 is 1.89 bits per heavy atom. The van der Waals surface area contributed by atoms with Gasteiger partial charge in [0.05, 0.1) is 21.8 Å². The van der Waals surface area contributed by atoms with Crippen LogP contribution in [0, 0.1) is 5.82 Å². The monoisotopic (exact) mass is 462 g/mol. The normalized spacial score (nSPS) is 11.7. The molecule has 0 spiro atoms. The van der Waals surface area contributed by atoms with Crippen molar-refractivity contribution in [3.63, 3.8) is 0 Å². The van der Waals surface area contributed by atoms with Crippen LogP contribution in [0.1, 0.15) is 25.8 Å². The van der Waals surface area contributed by atoms with Crippen LogP contribution in [0.4, 0.5) is 4.39 Å². The summed E-state index contributed by atoms with van der Waals surface area (Å²) in [4.78, 5) is 12.3. The third-order valence-corrected chi connectivity index (χ3v) is 5.46. The van der Waals surface area contributed by atoms with E-state index in [1.54, 1.807) is 0 Å². The third kappa shape index (κ3) is 4.30. The summed E-state index contributed by atoms with van der Waals surface area (Å²) in [6, 6.07) is 2.50. The second-order valence-electron chi connectivity index (χ2n) is 6.75.